The molecular formula is C5H6N4O. The highest BCUT2D eigenvalue weighted by molar-refractivity contribution is 5.63. The zero-order valence-electron chi connectivity index (χ0n) is 5.27. The van der Waals surface area contributed by atoms with Gasteiger partial charge >= 0.3 is 0 Å². The minimum absolute atomic E-state index is 0.536. The molecule has 0 saturated heterocycles. The maximum Gasteiger partial charge on any atom is 0.286 e. The summed E-state index contributed by atoms with van der Waals surface area (Å²) in [6.07, 6.45) is 4.08. The van der Waals surface area contributed by atoms with Crippen LogP contribution in [0.3, 0.4) is 0 Å². The maximum atomic E-state index is 4.55. The average molecular weight is 138 g/mol. The summed E-state index contributed by atoms with van der Waals surface area (Å²) in [5.74, 6) is 0.536. The van der Waals surface area contributed by atoms with E-state index < -0.39 is 0 Å². The van der Waals surface area contributed by atoms with Crippen LogP contribution in [-0.2, 0) is 0 Å². The summed E-state index contributed by atoms with van der Waals surface area (Å²) in [6.45, 7) is 0.847. The normalized spacial score (nSPS) is 16.6. The highest BCUT2D eigenvalue weighted by Gasteiger charge is 2.11. The summed E-state index contributed by atoms with van der Waals surface area (Å²) in [5.41, 5.74) is 0. The highest BCUT2D eigenvalue weighted by Crippen LogP contribution is 2.09. The van der Waals surface area contributed by atoms with Gasteiger partial charge in [0, 0.05) is 19.2 Å². The molecule has 1 aromatic rings. The molecule has 0 unspecified atom stereocenters. The summed E-state index contributed by atoms with van der Waals surface area (Å²) in [6, 6.07) is 0. The molecule has 1 aliphatic heterocycles. The minimum atomic E-state index is 0.536. The molecule has 5 nitrogen and oxygen atoms in total. The van der Waals surface area contributed by atoms with Crippen molar-refractivity contribution in [3.05, 3.63) is 6.39 Å². The largest absolute Gasteiger partial charge is 0.341 e. The van der Waals surface area contributed by atoms with Crippen LogP contribution in [0.5, 0.6) is 0 Å². The predicted molar refractivity (Wildman–Crippen MR) is 34.8 cm³/mol. The van der Waals surface area contributed by atoms with Gasteiger partial charge in [0.1, 0.15) is 0 Å². The van der Waals surface area contributed by atoms with Crippen LogP contribution in [0.2, 0.25) is 0 Å². The highest BCUT2D eigenvalue weighted by atomic mass is 16.5. The van der Waals surface area contributed by atoms with E-state index in [0.29, 0.717) is 5.95 Å². The Labute approximate surface area is 57.3 Å². The Bertz CT molecular complexity index is 230. The van der Waals surface area contributed by atoms with Gasteiger partial charge in [-0.2, -0.15) is 10.1 Å². The lowest BCUT2D eigenvalue weighted by atomic mass is 10.5. The van der Waals surface area contributed by atoms with Gasteiger partial charge in [-0.15, -0.1) is 0 Å². The first-order valence-electron chi connectivity index (χ1n) is 3.03. The molecule has 2 rings (SSSR count). The Kier molecular flexibility index (Phi) is 1.13. The number of rotatable bonds is 1. The van der Waals surface area contributed by atoms with Crippen molar-refractivity contribution >= 4 is 12.2 Å². The summed E-state index contributed by atoms with van der Waals surface area (Å²) < 4.78 is 4.55. The molecule has 0 N–H and O–H groups in total. The van der Waals surface area contributed by atoms with Crippen molar-refractivity contribution in [2.45, 2.75) is 6.42 Å². The number of anilines is 1. The van der Waals surface area contributed by atoms with Crippen LogP contribution in [0.25, 0.3) is 0 Å². The molecule has 0 fully saturated rings. The third-order valence-electron chi connectivity index (χ3n) is 1.27. The standard InChI is InChI=1S/C5H6N4O/c1-2-7-9(3-1)5-6-4-10-8-5/h2,4H,1,3H2. The second-order valence-electron chi connectivity index (χ2n) is 1.94. The topological polar surface area (TPSA) is 54.5 Å². The van der Waals surface area contributed by atoms with Gasteiger partial charge in [-0.25, -0.2) is 5.01 Å². The van der Waals surface area contributed by atoms with Crippen LogP contribution in [0.1, 0.15) is 6.42 Å². The van der Waals surface area contributed by atoms with E-state index in [1.165, 1.54) is 6.39 Å². The SMILES string of the molecule is C1=NN(c2ncon2)CC1. The average Bonchev–Trinajstić information content (AvgIpc) is 2.59. The third kappa shape index (κ3) is 0.754. The van der Waals surface area contributed by atoms with E-state index in [0.717, 1.165) is 13.0 Å². The molecule has 0 aromatic carbocycles. The van der Waals surface area contributed by atoms with Crippen LogP contribution in [0, 0.1) is 0 Å². The molecule has 1 aromatic heterocycles. The molecule has 0 amide bonds. The van der Waals surface area contributed by atoms with E-state index >= 15 is 0 Å². The molecule has 0 atom stereocenters. The lowest BCUT2D eigenvalue weighted by Gasteiger charge is -2.04. The maximum absolute atomic E-state index is 4.55. The number of nitrogens with zero attached hydrogens (tertiary/aromatic N) is 4. The second-order valence-corrected chi connectivity index (χ2v) is 1.94. The molecule has 0 radical (unpaired) electrons. The number of hydrogen-bond donors (Lipinski definition) is 0. The zero-order valence-corrected chi connectivity index (χ0v) is 5.27. The monoisotopic (exact) mass is 138 g/mol. The molecular weight excluding hydrogens is 132 g/mol. The molecule has 0 bridgehead atoms. The fourth-order valence-corrected chi connectivity index (χ4v) is 0.824. The van der Waals surface area contributed by atoms with Crippen molar-refractivity contribution in [3.8, 4) is 0 Å². The van der Waals surface area contributed by atoms with Gasteiger partial charge in [0.15, 0.2) is 0 Å². The Balaban J connectivity index is 2.20. The first kappa shape index (κ1) is 5.40. The minimum Gasteiger partial charge on any atom is -0.341 e. The van der Waals surface area contributed by atoms with Gasteiger partial charge in [-0.1, -0.05) is 0 Å². The van der Waals surface area contributed by atoms with Crippen molar-refractivity contribution in [1.29, 1.82) is 0 Å². The van der Waals surface area contributed by atoms with E-state index in [-0.39, 0.29) is 0 Å². The molecule has 0 saturated carbocycles. The summed E-state index contributed by atoms with van der Waals surface area (Å²) >= 11 is 0. The second kappa shape index (κ2) is 2.09. The van der Waals surface area contributed by atoms with E-state index in [4.69, 9.17) is 0 Å². The Hall–Kier alpha value is -1.39. The van der Waals surface area contributed by atoms with Crippen LogP contribution in [0.15, 0.2) is 16.0 Å². The first-order chi connectivity index (χ1) is 4.97. The van der Waals surface area contributed by atoms with Crippen molar-refractivity contribution in [3.63, 3.8) is 0 Å². The quantitative estimate of drug-likeness (QED) is 0.558. The van der Waals surface area contributed by atoms with E-state index in [2.05, 4.69) is 19.8 Å². The number of hydrazone groups is 1. The summed E-state index contributed by atoms with van der Waals surface area (Å²) in [4.78, 5) is 3.83. The first-order valence-corrected chi connectivity index (χ1v) is 3.03. The van der Waals surface area contributed by atoms with Gasteiger partial charge in [0.05, 0.1) is 0 Å². The Morgan fingerprint density at radius 3 is 3.20 bits per heavy atom. The summed E-state index contributed by atoms with van der Waals surface area (Å²) in [5, 5.41) is 9.32. The summed E-state index contributed by atoms with van der Waals surface area (Å²) in [7, 11) is 0. The Morgan fingerprint density at radius 2 is 2.60 bits per heavy atom. The van der Waals surface area contributed by atoms with Crippen molar-refractivity contribution in [2.24, 2.45) is 5.10 Å². The number of aromatic nitrogens is 2. The van der Waals surface area contributed by atoms with Crippen molar-refractivity contribution < 1.29 is 4.52 Å². The van der Waals surface area contributed by atoms with Crippen LogP contribution < -0.4 is 5.01 Å². The molecule has 10 heavy (non-hydrogen) atoms. The van der Waals surface area contributed by atoms with E-state index in [9.17, 15) is 0 Å². The van der Waals surface area contributed by atoms with Crippen molar-refractivity contribution in [1.82, 2.24) is 10.1 Å². The predicted octanol–water partition coefficient (Wildman–Crippen LogP) is 0.265. The van der Waals surface area contributed by atoms with E-state index in [1.807, 2.05) is 6.21 Å². The molecule has 5 heteroatoms. The van der Waals surface area contributed by atoms with Gasteiger partial charge < -0.3 is 4.52 Å². The van der Waals surface area contributed by atoms with Gasteiger partial charge in [0.25, 0.3) is 5.95 Å². The molecule has 1 aliphatic rings. The van der Waals surface area contributed by atoms with Gasteiger partial charge in [-0.05, 0) is 5.16 Å². The number of hydrogen-bond acceptors (Lipinski definition) is 5. The van der Waals surface area contributed by atoms with Crippen LogP contribution in [0.4, 0.5) is 5.95 Å². The molecule has 2 heterocycles. The van der Waals surface area contributed by atoms with Crippen LogP contribution in [-0.4, -0.2) is 22.9 Å². The lowest BCUT2D eigenvalue weighted by Crippen LogP contribution is -2.12. The Morgan fingerprint density at radius 1 is 1.60 bits per heavy atom. The van der Waals surface area contributed by atoms with E-state index in [1.54, 1.807) is 5.01 Å². The molecule has 0 spiro atoms. The zero-order chi connectivity index (χ0) is 6.81. The lowest BCUT2D eigenvalue weighted by molar-refractivity contribution is 0.416. The molecule has 52 valence electrons. The van der Waals surface area contributed by atoms with Gasteiger partial charge in [-0.3, -0.25) is 0 Å². The van der Waals surface area contributed by atoms with Crippen LogP contribution >= 0.6 is 0 Å². The van der Waals surface area contributed by atoms with Gasteiger partial charge in [0.2, 0.25) is 6.39 Å². The molecule has 0 aliphatic carbocycles. The fourth-order valence-electron chi connectivity index (χ4n) is 0.824. The van der Waals surface area contributed by atoms with Crippen molar-refractivity contribution in [2.75, 3.05) is 11.6 Å². The third-order valence-corrected chi connectivity index (χ3v) is 1.27. The fraction of sp³-hybridized carbons (Fsp3) is 0.400. The smallest absolute Gasteiger partial charge is 0.286 e.